The summed E-state index contributed by atoms with van der Waals surface area (Å²) >= 11 is 5.97. The summed E-state index contributed by atoms with van der Waals surface area (Å²) in [6, 6.07) is 20.5. The second kappa shape index (κ2) is 8.01. The fraction of sp³-hybridized carbons (Fsp3) is 0.150. The van der Waals surface area contributed by atoms with Crippen molar-refractivity contribution in [2.45, 2.75) is 19.0 Å². The van der Waals surface area contributed by atoms with Gasteiger partial charge in [-0.1, -0.05) is 48.0 Å². The van der Waals surface area contributed by atoms with Crippen LogP contribution in [0.5, 0.6) is 0 Å². The van der Waals surface area contributed by atoms with Crippen molar-refractivity contribution in [3.63, 3.8) is 0 Å². The minimum atomic E-state index is -0.311. The predicted molar refractivity (Wildman–Crippen MR) is 98.5 cm³/mol. The number of rotatable bonds is 6. The van der Waals surface area contributed by atoms with E-state index in [2.05, 4.69) is 5.32 Å². The third kappa shape index (κ3) is 4.50. The third-order valence-corrected chi connectivity index (χ3v) is 4.23. The number of carbonyl (C=O) groups is 1. The van der Waals surface area contributed by atoms with Crippen molar-refractivity contribution in [1.82, 2.24) is 0 Å². The van der Waals surface area contributed by atoms with Crippen molar-refractivity contribution < 1.29 is 14.5 Å². The SMILES string of the molecule is C[C@H]([NH2+][C@@H](c1ccccc1)c1ccco1)C(=O)Nc1cccc(Cl)c1. The van der Waals surface area contributed by atoms with Crippen LogP contribution in [0.2, 0.25) is 5.02 Å². The molecule has 0 radical (unpaired) electrons. The lowest BCUT2D eigenvalue weighted by Gasteiger charge is -2.18. The molecule has 3 rings (SSSR count). The maximum atomic E-state index is 12.5. The molecule has 3 aromatic rings. The Bertz CT molecular complexity index is 819. The summed E-state index contributed by atoms with van der Waals surface area (Å²) in [5.74, 6) is 0.725. The van der Waals surface area contributed by atoms with Crippen LogP contribution in [0.3, 0.4) is 0 Å². The fourth-order valence-corrected chi connectivity index (χ4v) is 2.89. The number of nitrogens with two attached hydrogens (primary N) is 1. The van der Waals surface area contributed by atoms with Crippen molar-refractivity contribution in [3.8, 4) is 0 Å². The Hall–Kier alpha value is -2.56. The number of benzene rings is 2. The van der Waals surface area contributed by atoms with Crippen LogP contribution >= 0.6 is 11.6 Å². The number of carbonyl (C=O) groups excluding carboxylic acids is 1. The Morgan fingerprint density at radius 1 is 1.08 bits per heavy atom. The number of amides is 1. The normalized spacial score (nSPS) is 13.2. The summed E-state index contributed by atoms with van der Waals surface area (Å²) in [6.45, 7) is 1.87. The average Bonchev–Trinajstić information content (AvgIpc) is 3.14. The second-order valence-electron chi connectivity index (χ2n) is 5.88. The first-order valence-corrected chi connectivity index (χ1v) is 8.51. The van der Waals surface area contributed by atoms with E-state index in [1.165, 1.54) is 0 Å². The molecule has 0 bridgehead atoms. The monoisotopic (exact) mass is 355 g/mol. The molecule has 0 aliphatic heterocycles. The summed E-state index contributed by atoms with van der Waals surface area (Å²) < 4.78 is 5.58. The van der Waals surface area contributed by atoms with Crippen LogP contribution in [0.1, 0.15) is 24.3 Å². The number of anilines is 1. The van der Waals surface area contributed by atoms with Crippen LogP contribution in [0.15, 0.2) is 77.4 Å². The van der Waals surface area contributed by atoms with Gasteiger partial charge in [-0.3, -0.25) is 4.79 Å². The first-order valence-electron chi connectivity index (χ1n) is 8.13. The maximum Gasteiger partial charge on any atom is 0.282 e. The number of hydrogen-bond acceptors (Lipinski definition) is 2. The number of nitrogens with one attached hydrogen (secondary N) is 1. The van der Waals surface area contributed by atoms with Crippen LogP contribution < -0.4 is 10.6 Å². The van der Waals surface area contributed by atoms with Gasteiger partial charge in [0, 0.05) is 16.3 Å². The maximum absolute atomic E-state index is 12.5. The quantitative estimate of drug-likeness (QED) is 0.709. The minimum absolute atomic E-state index is 0.0867. The molecule has 0 saturated heterocycles. The van der Waals surface area contributed by atoms with Gasteiger partial charge in [0.1, 0.15) is 0 Å². The van der Waals surface area contributed by atoms with Gasteiger partial charge in [-0.25, -0.2) is 0 Å². The highest BCUT2D eigenvalue weighted by atomic mass is 35.5. The van der Waals surface area contributed by atoms with Crippen molar-refractivity contribution >= 4 is 23.2 Å². The minimum Gasteiger partial charge on any atom is -0.463 e. The van der Waals surface area contributed by atoms with Crippen molar-refractivity contribution in [2.75, 3.05) is 5.32 Å². The van der Waals surface area contributed by atoms with E-state index in [-0.39, 0.29) is 18.0 Å². The largest absolute Gasteiger partial charge is 0.463 e. The van der Waals surface area contributed by atoms with Gasteiger partial charge in [-0.2, -0.15) is 0 Å². The molecule has 2 aromatic carbocycles. The molecule has 4 nitrogen and oxygen atoms in total. The van der Waals surface area contributed by atoms with Gasteiger partial charge >= 0.3 is 0 Å². The lowest BCUT2D eigenvalue weighted by atomic mass is 10.0. The molecule has 5 heteroatoms. The Kier molecular flexibility index (Phi) is 5.53. The summed E-state index contributed by atoms with van der Waals surface area (Å²) in [5.41, 5.74) is 1.77. The molecular weight excluding hydrogens is 336 g/mol. The van der Waals surface area contributed by atoms with E-state index in [1.54, 1.807) is 18.4 Å². The standard InChI is InChI=1S/C20H19ClN2O2/c1-14(20(24)23-17-10-5-9-16(21)13-17)22-19(18-11-6-12-25-18)15-7-3-2-4-8-15/h2-14,19,22H,1H3,(H,23,24)/p+1/t14-,19-/m0/s1. The van der Waals surface area contributed by atoms with Crippen molar-refractivity contribution in [1.29, 1.82) is 0 Å². The molecule has 128 valence electrons. The molecule has 25 heavy (non-hydrogen) atoms. The molecule has 0 aliphatic carbocycles. The molecule has 0 unspecified atom stereocenters. The fourth-order valence-electron chi connectivity index (χ4n) is 2.70. The predicted octanol–water partition coefficient (Wildman–Crippen LogP) is 3.61. The Balaban J connectivity index is 1.74. The van der Waals surface area contributed by atoms with Crippen molar-refractivity contribution in [2.24, 2.45) is 0 Å². The van der Waals surface area contributed by atoms with Crippen LogP contribution in [0, 0.1) is 0 Å². The van der Waals surface area contributed by atoms with E-state index in [0.29, 0.717) is 10.7 Å². The molecule has 2 atom stereocenters. The van der Waals surface area contributed by atoms with Gasteiger partial charge < -0.3 is 15.1 Å². The highest BCUT2D eigenvalue weighted by Crippen LogP contribution is 2.19. The molecule has 1 aromatic heterocycles. The highest BCUT2D eigenvalue weighted by Gasteiger charge is 2.26. The van der Waals surface area contributed by atoms with Gasteiger partial charge in [0.25, 0.3) is 5.91 Å². The average molecular weight is 356 g/mol. The van der Waals surface area contributed by atoms with Crippen LogP contribution in [-0.4, -0.2) is 11.9 Å². The summed E-state index contributed by atoms with van der Waals surface area (Å²) in [5, 5.41) is 5.48. The van der Waals surface area contributed by atoms with E-state index in [1.807, 2.05) is 66.8 Å². The molecular formula is C20H20ClN2O2+. The summed E-state index contributed by atoms with van der Waals surface area (Å²) in [4.78, 5) is 12.5. The summed E-state index contributed by atoms with van der Waals surface area (Å²) in [6.07, 6.45) is 1.65. The van der Waals surface area contributed by atoms with Crippen LogP contribution in [-0.2, 0) is 4.79 Å². The Morgan fingerprint density at radius 2 is 1.88 bits per heavy atom. The molecule has 0 fully saturated rings. The third-order valence-electron chi connectivity index (χ3n) is 4.00. The highest BCUT2D eigenvalue weighted by molar-refractivity contribution is 6.30. The molecule has 0 spiro atoms. The van der Waals surface area contributed by atoms with E-state index in [9.17, 15) is 4.79 Å². The molecule has 0 saturated carbocycles. The molecule has 3 N–H and O–H groups in total. The first-order chi connectivity index (χ1) is 12.1. The van der Waals surface area contributed by atoms with Crippen molar-refractivity contribution in [3.05, 3.63) is 89.3 Å². The lowest BCUT2D eigenvalue weighted by Crippen LogP contribution is -2.92. The van der Waals surface area contributed by atoms with Crippen LogP contribution in [0.4, 0.5) is 5.69 Å². The van der Waals surface area contributed by atoms with Gasteiger partial charge in [0.2, 0.25) is 0 Å². The van der Waals surface area contributed by atoms with E-state index >= 15 is 0 Å². The topological polar surface area (TPSA) is 58.9 Å². The summed E-state index contributed by atoms with van der Waals surface area (Å²) in [7, 11) is 0. The number of halogens is 1. The van der Waals surface area contributed by atoms with Crippen LogP contribution in [0.25, 0.3) is 0 Å². The number of furan rings is 1. The number of hydrogen-bond donors (Lipinski definition) is 2. The molecule has 1 heterocycles. The first kappa shape index (κ1) is 17.3. The van der Waals surface area contributed by atoms with E-state index < -0.39 is 0 Å². The van der Waals surface area contributed by atoms with E-state index in [0.717, 1.165) is 11.3 Å². The smallest absolute Gasteiger partial charge is 0.282 e. The van der Waals surface area contributed by atoms with E-state index in [4.69, 9.17) is 16.0 Å². The molecule has 1 amide bonds. The number of quaternary nitrogens is 1. The second-order valence-corrected chi connectivity index (χ2v) is 6.32. The zero-order valence-corrected chi connectivity index (χ0v) is 14.6. The zero-order chi connectivity index (χ0) is 17.6. The lowest BCUT2D eigenvalue weighted by molar-refractivity contribution is -0.706. The zero-order valence-electron chi connectivity index (χ0n) is 13.9. The van der Waals surface area contributed by atoms with Gasteiger partial charge in [-0.05, 0) is 37.3 Å². The Labute approximate surface area is 151 Å². The van der Waals surface area contributed by atoms with Gasteiger partial charge in [-0.15, -0.1) is 0 Å². The van der Waals surface area contributed by atoms with Gasteiger partial charge in [0.05, 0.1) is 6.26 Å². The molecule has 0 aliphatic rings. The van der Waals surface area contributed by atoms with Gasteiger partial charge in [0.15, 0.2) is 17.8 Å². The Morgan fingerprint density at radius 3 is 2.56 bits per heavy atom.